The predicted octanol–water partition coefficient (Wildman–Crippen LogP) is 3.37. The minimum absolute atomic E-state index is 0.485. The summed E-state index contributed by atoms with van der Waals surface area (Å²) in [7, 11) is -1.14. The van der Waals surface area contributed by atoms with E-state index in [1.165, 1.54) is 18.1 Å². The van der Waals surface area contributed by atoms with Crippen molar-refractivity contribution in [3.8, 4) is 0 Å². The molecule has 0 aliphatic heterocycles. The molecule has 4 atom stereocenters. The van der Waals surface area contributed by atoms with Crippen LogP contribution in [0.15, 0.2) is 0 Å². The summed E-state index contributed by atoms with van der Waals surface area (Å²) in [5, 5.41) is 10.9. The Labute approximate surface area is 111 Å². The first-order chi connectivity index (χ1) is 8.60. The summed E-state index contributed by atoms with van der Waals surface area (Å²) in [6.45, 7) is 10.5. The van der Waals surface area contributed by atoms with Gasteiger partial charge in [-0.3, -0.25) is 0 Å². The lowest BCUT2D eigenvalue weighted by Crippen LogP contribution is -3.14. The third-order valence-electron chi connectivity index (χ3n) is 9.66. The van der Waals surface area contributed by atoms with Gasteiger partial charge in [0, 0.05) is 12.0 Å². The van der Waals surface area contributed by atoms with Crippen LogP contribution in [-0.4, -0.2) is 19.8 Å². The van der Waals surface area contributed by atoms with Crippen LogP contribution < -0.4 is 0 Å². The molecule has 0 spiro atoms. The standard InChI is InChI=1S/C16H26OSi/c1-5-18(6-2,7-3)16-12-10-9-11(15(10,16)8-17)13(16)14(9,12)4/h9-13,17H,5-8H2,1-4H3. The number of rotatable bonds is 5. The second-order valence-corrected chi connectivity index (χ2v) is 13.8. The second kappa shape index (κ2) is 2.41. The van der Waals surface area contributed by atoms with E-state index in [0.29, 0.717) is 12.0 Å². The Kier molecular flexibility index (Phi) is 1.46. The third kappa shape index (κ3) is 0.479. The average Bonchev–Trinajstić information content (AvgIpc) is 2.41. The molecule has 0 aromatic rings. The van der Waals surface area contributed by atoms with Crippen LogP contribution in [0.3, 0.4) is 0 Å². The lowest BCUT2D eigenvalue weighted by Gasteiger charge is -3.17. The van der Waals surface area contributed by atoms with E-state index in [1.807, 2.05) is 0 Å². The highest BCUT2D eigenvalue weighted by Gasteiger charge is 3.15. The number of hydrogen-bond donors (Lipinski definition) is 1. The van der Waals surface area contributed by atoms with E-state index >= 15 is 0 Å². The van der Waals surface area contributed by atoms with E-state index < -0.39 is 8.07 Å². The van der Waals surface area contributed by atoms with Crippen molar-refractivity contribution < 1.29 is 5.11 Å². The fourth-order valence-electron chi connectivity index (χ4n) is 9.60. The van der Waals surface area contributed by atoms with Crippen molar-refractivity contribution >= 4 is 8.07 Å². The molecule has 6 aliphatic rings. The maximum Gasteiger partial charge on any atom is 0.0605 e. The van der Waals surface area contributed by atoms with Crippen LogP contribution in [0.4, 0.5) is 0 Å². The SMILES string of the molecule is CC[Si](CC)(CC)C12C3C4C5C(C1C53C)C42CO. The molecule has 0 heterocycles. The second-order valence-electron chi connectivity index (χ2n) is 8.31. The van der Waals surface area contributed by atoms with Gasteiger partial charge in [-0.1, -0.05) is 45.8 Å². The fraction of sp³-hybridized carbons (Fsp3) is 1.00. The van der Waals surface area contributed by atoms with E-state index in [-0.39, 0.29) is 0 Å². The number of aliphatic hydroxyl groups is 1. The van der Waals surface area contributed by atoms with Crippen molar-refractivity contribution in [3.63, 3.8) is 0 Å². The zero-order valence-corrected chi connectivity index (χ0v) is 13.2. The molecule has 6 aliphatic carbocycles. The summed E-state index contributed by atoms with van der Waals surface area (Å²) in [6, 6.07) is 4.40. The van der Waals surface area contributed by atoms with Gasteiger partial charge in [0.25, 0.3) is 0 Å². The van der Waals surface area contributed by atoms with E-state index in [2.05, 4.69) is 27.7 Å². The van der Waals surface area contributed by atoms with E-state index in [4.69, 9.17) is 0 Å². The Morgan fingerprint density at radius 2 is 1.44 bits per heavy atom. The Bertz CT molecular complexity index is 437. The first-order valence-electron chi connectivity index (χ1n) is 8.21. The van der Waals surface area contributed by atoms with Crippen LogP contribution in [0.1, 0.15) is 27.7 Å². The third-order valence-corrected chi connectivity index (χ3v) is 16.6. The molecule has 18 heavy (non-hydrogen) atoms. The van der Waals surface area contributed by atoms with E-state index in [1.54, 1.807) is 0 Å². The highest BCUT2D eigenvalue weighted by Crippen LogP contribution is 3.19. The van der Waals surface area contributed by atoms with Crippen molar-refractivity contribution in [2.75, 3.05) is 6.61 Å². The predicted molar refractivity (Wildman–Crippen MR) is 75.0 cm³/mol. The lowest BCUT2D eigenvalue weighted by molar-refractivity contribution is -0.647. The van der Waals surface area contributed by atoms with Gasteiger partial charge in [-0.25, -0.2) is 0 Å². The first-order valence-corrected chi connectivity index (χ1v) is 10.8. The molecule has 6 rings (SSSR count). The van der Waals surface area contributed by atoms with Crippen LogP contribution >= 0.6 is 0 Å². The Hall–Kier alpha value is 0.177. The van der Waals surface area contributed by atoms with Gasteiger partial charge < -0.3 is 5.11 Å². The summed E-state index contributed by atoms with van der Waals surface area (Å²) >= 11 is 0. The van der Waals surface area contributed by atoms with Gasteiger partial charge in [0.05, 0.1) is 8.07 Å². The maximum absolute atomic E-state index is 10.1. The zero-order valence-electron chi connectivity index (χ0n) is 12.2. The molecule has 0 saturated heterocycles. The molecule has 6 saturated carbocycles. The Balaban J connectivity index is 1.66. The minimum Gasteiger partial charge on any atom is -0.396 e. The largest absolute Gasteiger partial charge is 0.396 e. The summed E-state index contributed by atoms with van der Waals surface area (Å²) in [4.78, 5) is 0. The lowest BCUT2D eigenvalue weighted by atomic mass is 8.92. The normalized spacial score (nSPS) is 68.2. The van der Waals surface area contributed by atoms with Crippen LogP contribution in [0.2, 0.25) is 23.2 Å². The van der Waals surface area contributed by atoms with Gasteiger partial charge in [0.1, 0.15) is 0 Å². The fourth-order valence-corrected chi connectivity index (χ4v) is 16.6. The summed E-state index contributed by atoms with van der Waals surface area (Å²) in [5.41, 5.74) is 1.27. The first kappa shape index (κ1) is 10.9. The van der Waals surface area contributed by atoms with Gasteiger partial charge in [-0.15, -0.1) is 0 Å². The molecule has 1 nitrogen and oxygen atoms in total. The zero-order chi connectivity index (χ0) is 12.7. The molecular formula is C16H26OSi. The molecular weight excluding hydrogens is 236 g/mol. The molecule has 0 radical (unpaired) electrons. The number of aliphatic hydroxyl groups excluding tert-OH is 1. The van der Waals surface area contributed by atoms with E-state index in [9.17, 15) is 5.11 Å². The van der Waals surface area contributed by atoms with E-state index in [0.717, 1.165) is 40.0 Å². The van der Waals surface area contributed by atoms with Gasteiger partial charge in [-0.2, -0.15) is 0 Å². The highest BCUT2D eigenvalue weighted by molar-refractivity contribution is 6.84. The van der Waals surface area contributed by atoms with Gasteiger partial charge >= 0.3 is 0 Å². The minimum atomic E-state index is -1.14. The molecule has 6 fully saturated rings. The number of hydrogen-bond acceptors (Lipinski definition) is 1. The quantitative estimate of drug-likeness (QED) is 0.753. The molecule has 1 N–H and O–H groups in total. The van der Waals surface area contributed by atoms with Crippen LogP contribution in [0, 0.1) is 40.4 Å². The molecule has 0 aromatic carbocycles. The molecule has 100 valence electrons. The van der Waals surface area contributed by atoms with Gasteiger partial charge in [-0.05, 0) is 40.0 Å². The van der Waals surface area contributed by atoms with Crippen LogP contribution in [0.25, 0.3) is 0 Å². The topological polar surface area (TPSA) is 20.2 Å². The Morgan fingerprint density at radius 1 is 0.944 bits per heavy atom. The van der Waals surface area contributed by atoms with Crippen molar-refractivity contribution in [1.82, 2.24) is 0 Å². The van der Waals surface area contributed by atoms with Crippen molar-refractivity contribution in [3.05, 3.63) is 0 Å². The molecule has 0 bridgehead atoms. The van der Waals surface area contributed by atoms with Crippen molar-refractivity contribution in [2.45, 2.75) is 50.9 Å². The molecule has 2 heteroatoms. The summed E-state index contributed by atoms with van der Waals surface area (Å²) < 4.78 is 0. The molecule has 4 unspecified atom stereocenters. The summed E-state index contributed by atoms with van der Waals surface area (Å²) in [6.07, 6.45) is 0. The highest BCUT2D eigenvalue weighted by atomic mass is 28.3. The van der Waals surface area contributed by atoms with Gasteiger partial charge in [0.15, 0.2) is 0 Å². The summed E-state index contributed by atoms with van der Waals surface area (Å²) in [5.74, 6) is 5.18. The van der Waals surface area contributed by atoms with Crippen molar-refractivity contribution in [2.24, 2.45) is 40.4 Å². The van der Waals surface area contributed by atoms with Crippen LogP contribution in [0.5, 0.6) is 0 Å². The smallest absolute Gasteiger partial charge is 0.0605 e. The molecule has 0 aromatic heterocycles. The monoisotopic (exact) mass is 262 g/mol. The average molecular weight is 262 g/mol. The van der Waals surface area contributed by atoms with Gasteiger partial charge in [0.2, 0.25) is 0 Å². The van der Waals surface area contributed by atoms with Crippen LogP contribution in [-0.2, 0) is 0 Å². The maximum atomic E-state index is 10.1. The molecule has 0 amide bonds. The Morgan fingerprint density at radius 3 is 1.83 bits per heavy atom. The van der Waals surface area contributed by atoms with Crippen molar-refractivity contribution in [1.29, 1.82) is 0 Å².